The summed E-state index contributed by atoms with van der Waals surface area (Å²) in [6, 6.07) is 76.4. The van der Waals surface area contributed by atoms with Crippen LogP contribution in [0.4, 0.5) is 0 Å². The lowest BCUT2D eigenvalue weighted by molar-refractivity contribution is 0.331. The zero-order chi connectivity index (χ0) is 45.6. The molecular weight excluding hydrogens is 859 g/mol. The molecule has 0 amide bonds. The van der Waals surface area contributed by atoms with Gasteiger partial charge in [-0.3, -0.25) is 9.97 Å². The van der Waals surface area contributed by atoms with Crippen LogP contribution in [0.1, 0.15) is 113 Å². The standard InChI is InChI=1S/C68H39N3/c1-3-18-37(19-4-1)67(38-20-5-2-6-21-38)50-32-31-36-17-7-8-22-39(36)53(50)46-33-47-56-51(34-70-65-59(56)61-44-27-13-15-29-48(44)68(61)49-30-16-14-28-45(49)63(65)68)71-52-35-69-64-55-42-25-11-9-23-40(42)54(41-24-10-12-26-43(41)55)58(64)57(52)60(62(46)67)66(47)71/h1-35,54-55,61,63H. The highest BCUT2D eigenvalue weighted by atomic mass is 15.0. The Balaban J connectivity index is 1.07. The third-order valence-corrected chi connectivity index (χ3v) is 18.9. The number of hydrogen-bond donors (Lipinski definition) is 0. The molecule has 0 aliphatic heterocycles. The smallest absolute Gasteiger partial charge is 0.0729 e. The molecule has 0 saturated heterocycles. The molecule has 326 valence electrons. The predicted octanol–water partition coefficient (Wildman–Crippen LogP) is 15.0. The van der Waals surface area contributed by atoms with E-state index in [1.54, 1.807) is 0 Å². The minimum atomic E-state index is -0.652. The highest BCUT2D eigenvalue weighted by Gasteiger charge is 2.70. The van der Waals surface area contributed by atoms with E-state index in [0.717, 1.165) is 0 Å². The van der Waals surface area contributed by atoms with Crippen LogP contribution >= 0.6 is 0 Å². The number of aromatic nitrogens is 3. The van der Waals surface area contributed by atoms with Crippen LogP contribution in [-0.2, 0) is 10.8 Å². The highest BCUT2D eigenvalue weighted by molar-refractivity contribution is 6.29. The van der Waals surface area contributed by atoms with E-state index in [4.69, 9.17) is 9.97 Å². The average Bonchev–Trinajstić information content (AvgIpc) is 4.14. The van der Waals surface area contributed by atoms with Gasteiger partial charge in [0.15, 0.2) is 0 Å². The summed E-state index contributed by atoms with van der Waals surface area (Å²) in [4.78, 5) is 11.4. The Morgan fingerprint density at radius 3 is 1.63 bits per heavy atom. The number of pyridine rings is 2. The van der Waals surface area contributed by atoms with E-state index >= 15 is 0 Å². The summed E-state index contributed by atoms with van der Waals surface area (Å²) < 4.78 is 2.63. The Labute approximate surface area is 408 Å². The van der Waals surface area contributed by atoms with Gasteiger partial charge in [0.05, 0.1) is 51.7 Å². The molecule has 0 fully saturated rings. The number of rotatable bonds is 2. The minimum Gasteiger partial charge on any atom is -0.305 e. The van der Waals surface area contributed by atoms with Gasteiger partial charge in [-0.2, -0.15) is 0 Å². The fourth-order valence-electron chi connectivity index (χ4n) is 16.7. The van der Waals surface area contributed by atoms with Crippen LogP contribution in [0.15, 0.2) is 213 Å². The molecule has 3 heteroatoms. The summed E-state index contributed by atoms with van der Waals surface area (Å²) in [5.74, 6) is 0.508. The van der Waals surface area contributed by atoms with Crippen LogP contribution in [0, 0.1) is 0 Å². The molecule has 1 spiro atoms. The van der Waals surface area contributed by atoms with E-state index < -0.39 is 5.41 Å². The molecule has 4 heterocycles. The van der Waals surface area contributed by atoms with Crippen molar-refractivity contribution in [1.29, 1.82) is 0 Å². The quantitative estimate of drug-likeness (QED) is 0.173. The second-order valence-electron chi connectivity index (χ2n) is 21.3. The largest absolute Gasteiger partial charge is 0.305 e. The third kappa shape index (κ3) is 3.71. The van der Waals surface area contributed by atoms with Crippen LogP contribution in [0.2, 0.25) is 0 Å². The van der Waals surface area contributed by atoms with Crippen LogP contribution in [0.25, 0.3) is 60.0 Å². The minimum absolute atomic E-state index is 0.0296. The molecule has 3 atom stereocenters. The van der Waals surface area contributed by atoms with Crippen molar-refractivity contribution >= 4 is 48.9 Å². The predicted molar refractivity (Wildman–Crippen MR) is 284 cm³/mol. The number of fused-ring (bicyclic) bond motifs is 20. The second kappa shape index (κ2) is 12.0. The van der Waals surface area contributed by atoms with Crippen molar-refractivity contribution in [2.24, 2.45) is 0 Å². The Bertz CT molecular complexity index is 4530. The summed E-state index contributed by atoms with van der Waals surface area (Å²) in [5.41, 5.74) is 27.4. The molecule has 20 rings (SSSR count). The molecule has 9 aromatic carbocycles. The van der Waals surface area contributed by atoms with Crippen molar-refractivity contribution < 1.29 is 0 Å². The molecule has 3 unspecified atom stereocenters. The van der Waals surface area contributed by atoms with Gasteiger partial charge in [-0.15, -0.1) is 0 Å². The topological polar surface area (TPSA) is 30.2 Å². The SMILES string of the molecule is c1ccc(C2(c3ccccc3)c3ccc4ccccc4c3-c3cc4c5c6c(ncc5n5c7cnc8c(c7c(c32)c45)C2c3ccccc3C8c3ccccc32)C2c3ccccc3C23c2ccccc2C63)cc1. The lowest BCUT2D eigenvalue weighted by atomic mass is 9.43. The number of nitrogens with zero attached hydrogens (tertiary/aromatic N) is 3. The van der Waals surface area contributed by atoms with Crippen LogP contribution in [0.3, 0.4) is 0 Å². The summed E-state index contributed by atoms with van der Waals surface area (Å²) in [6.07, 6.45) is 4.51. The summed E-state index contributed by atoms with van der Waals surface area (Å²) in [7, 11) is 0. The maximum atomic E-state index is 5.71. The van der Waals surface area contributed by atoms with E-state index in [2.05, 4.69) is 217 Å². The number of hydrogen-bond acceptors (Lipinski definition) is 2. The van der Waals surface area contributed by atoms with Crippen molar-refractivity contribution in [1.82, 2.24) is 14.4 Å². The summed E-state index contributed by atoms with van der Waals surface area (Å²) in [6.45, 7) is 0. The first-order chi connectivity index (χ1) is 35.3. The highest BCUT2D eigenvalue weighted by Crippen LogP contribution is 2.78. The van der Waals surface area contributed by atoms with Crippen LogP contribution < -0.4 is 0 Å². The molecule has 7 aliphatic carbocycles. The molecule has 3 nitrogen and oxygen atoms in total. The Morgan fingerprint density at radius 1 is 0.408 bits per heavy atom. The Morgan fingerprint density at radius 2 is 0.958 bits per heavy atom. The maximum Gasteiger partial charge on any atom is 0.0729 e. The van der Waals surface area contributed by atoms with Gasteiger partial charge in [-0.1, -0.05) is 194 Å². The van der Waals surface area contributed by atoms with Crippen molar-refractivity contribution in [2.45, 2.75) is 34.5 Å². The molecule has 71 heavy (non-hydrogen) atoms. The van der Waals surface area contributed by atoms with Gasteiger partial charge in [0.2, 0.25) is 0 Å². The molecule has 13 aromatic rings. The number of benzene rings is 9. The first-order valence-corrected chi connectivity index (χ1v) is 25.4. The van der Waals surface area contributed by atoms with Crippen molar-refractivity contribution in [3.63, 3.8) is 0 Å². The average molecular weight is 898 g/mol. The van der Waals surface area contributed by atoms with Crippen LogP contribution in [-0.4, -0.2) is 14.4 Å². The normalized spacial score (nSPS) is 21.4. The van der Waals surface area contributed by atoms with E-state index in [1.165, 1.54) is 149 Å². The monoisotopic (exact) mass is 897 g/mol. The summed E-state index contributed by atoms with van der Waals surface area (Å²) >= 11 is 0. The van der Waals surface area contributed by atoms with Gasteiger partial charge < -0.3 is 4.40 Å². The zero-order valence-corrected chi connectivity index (χ0v) is 38.4. The molecule has 0 N–H and O–H groups in total. The first kappa shape index (κ1) is 36.3. The summed E-state index contributed by atoms with van der Waals surface area (Å²) in [5, 5.41) is 7.90. The third-order valence-electron chi connectivity index (χ3n) is 18.9. The lowest BCUT2D eigenvalue weighted by Crippen LogP contribution is -2.52. The first-order valence-electron chi connectivity index (χ1n) is 25.4. The zero-order valence-electron chi connectivity index (χ0n) is 38.4. The molecule has 7 aliphatic rings. The van der Waals surface area contributed by atoms with Crippen molar-refractivity contribution in [3.05, 3.63) is 302 Å². The van der Waals surface area contributed by atoms with Gasteiger partial charge in [-0.05, 0) is 106 Å². The molecular formula is C68H39N3. The van der Waals surface area contributed by atoms with Crippen molar-refractivity contribution in [2.75, 3.05) is 0 Å². The maximum absolute atomic E-state index is 5.71. The molecule has 0 radical (unpaired) electrons. The fourth-order valence-corrected chi connectivity index (χ4v) is 16.7. The van der Waals surface area contributed by atoms with Gasteiger partial charge in [0.25, 0.3) is 0 Å². The lowest BCUT2D eigenvalue weighted by Gasteiger charge is -2.58. The van der Waals surface area contributed by atoms with Gasteiger partial charge in [-0.25, -0.2) is 0 Å². The van der Waals surface area contributed by atoms with E-state index in [0.29, 0.717) is 0 Å². The Hall–Kier alpha value is -8.66. The molecule has 4 aromatic heterocycles. The molecule has 0 saturated carbocycles. The van der Waals surface area contributed by atoms with Crippen molar-refractivity contribution in [3.8, 4) is 11.1 Å². The van der Waals surface area contributed by atoms with Crippen LogP contribution in [0.5, 0.6) is 0 Å². The van der Waals surface area contributed by atoms with E-state index in [-0.39, 0.29) is 29.1 Å². The van der Waals surface area contributed by atoms with E-state index in [9.17, 15) is 0 Å². The van der Waals surface area contributed by atoms with Gasteiger partial charge in [0, 0.05) is 44.7 Å². The molecule has 2 bridgehead atoms. The second-order valence-corrected chi connectivity index (χ2v) is 21.3. The van der Waals surface area contributed by atoms with E-state index in [1.807, 2.05) is 0 Å². The fraction of sp³-hybridized carbons (Fsp3) is 0.0882. The van der Waals surface area contributed by atoms with Gasteiger partial charge in [0.1, 0.15) is 0 Å². The Kier molecular flexibility index (Phi) is 6.15. The van der Waals surface area contributed by atoms with Gasteiger partial charge >= 0.3 is 0 Å².